The SMILES string of the molecule is CCc1ccc(-n2c(SCC(=O)NC34CC5CC(CC(C5)C3)C4)nnc2-c2ccncc2)cc1. The number of amides is 1. The summed E-state index contributed by atoms with van der Waals surface area (Å²) in [6.45, 7) is 2.15. The highest BCUT2D eigenvalue weighted by atomic mass is 32.2. The largest absolute Gasteiger partial charge is 0.350 e. The molecule has 6 nitrogen and oxygen atoms in total. The van der Waals surface area contributed by atoms with Gasteiger partial charge in [-0.05, 0) is 92.5 Å². The molecule has 0 unspecified atom stereocenters. The van der Waals surface area contributed by atoms with Gasteiger partial charge in [-0.3, -0.25) is 14.3 Å². The molecule has 1 amide bonds. The van der Waals surface area contributed by atoms with E-state index in [1.54, 1.807) is 12.4 Å². The van der Waals surface area contributed by atoms with Gasteiger partial charge in [-0.1, -0.05) is 30.8 Å². The first-order chi connectivity index (χ1) is 16.6. The number of hydrogen-bond acceptors (Lipinski definition) is 5. The highest BCUT2D eigenvalue weighted by Crippen LogP contribution is 2.55. The molecule has 4 fully saturated rings. The van der Waals surface area contributed by atoms with E-state index in [4.69, 9.17) is 0 Å². The number of thioether (sulfide) groups is 1. The first-order valence-corrected chi connectivity index (χ1v) is 13.5. The van der Waals surface area contributed by atoms with Gasteiger partial charge < -0.3 is 5.32 Å². The molecule has 0 spiro atoms. The molecule has 1 aromatic carbocycles. The first kappa shape index (κ1) is 21.8. The second kappa shape index (κ2) is 8.84. The number of carbonyl (C=O) groups is 1. The molecule has 0 atom stereocenters. The van der Waals surface area contributed by atoms with Gasteiger partial charge in [0.15, 0.2) is 11.0 Å². The van der Waals surface area contributed by atoms with Crippen molar-refractivity contribution in [3.8, 4) is 17.1 Å². The van der Waals surface area contributed by atoms with Crippen molar-refractivity contribution in [1.29, 1.82) is 0 Å². The molecule has 4 aliphatic carbocycles. The molecule has 4 saturated carbocycles. The van der Waals surface area contributed by atoms with E-state index in [9.17, 15) is 4.79 Å². The number of aromatic nitrogens is 4. The normalized spacial score (nSPS) is 27.1. The molecular weight excluding hydrogens is 442 g/mol. The third-order valence-electron chi connectivity index (χ3n) is 7.95. The van der Waals surface area contributed by atoms with Crippen LogP contribution in [0.1, 0.15) is 51.0 Å². The lowest BCUT2D eigenvalue weighted by Gasteiger charge is -2.56. The van der Waals surface area contributed by atoms with Gasteiger partial charge in [0.25, 0.3) is 0 Å². The Labute approximate surface area is 205 Å². The Morgan fingerprint density at radius 3 is 2.26 bits per heavy atom. The summed E-state index contributed by atoms with van der Waals surface area (Å²) < 4.78 is 2.05. The molecule has 2 aromatic heterocycles. The van der Waals surface area contributed by atoms with E-state index in [2.05, 4.69) is 56.3 Å². The predicted molar refractivity (Wildman–Crippen MR) is 134 cm³/mol. The Bertz CT molecular complexity index is 1140. The molecule has 176 valence electrons. The predicted octanol–water partition coefficient (Wildman–Crippen LogP) is 5.07. The minimum atomic E-state index is 0.0399. The number of aryl methyl sites for hydroxylation is 1. The molecule has 2 heterocycles. The fourth-order valence-corrected chi connectivity index (χ4v) is 7.64. The monoisotopic (exact) mass is 473 g/mol. The van der Waals surface area contributed by atoms with Gasteiger partial charge in [0.1, 0.15) is 0 Å². The zero-order chi connectivity index (χ0) is 23.1. The third-order valence-corrected chi connectivity index (χ3v) is 8.88. The molecule has 0 radical (unpaired) electrons. The van der Waals surface area contributed by atoms with E-state index in [1.807, 2.05) is 12.1 Å². The fraction of sp³-hybridized carbons (Fsp3) is 0.481. The number of carbonyl (C=O) groups excluding carboxylic acids is 1. The van der Waals surface area contributed by atoms with E-state index >= 15 is 0 Å². The molecule has 1 N–H and O–H groups in total. The van der Waals surface area contributed by atoms with Gasteiger partial charge in [-0.25, -0.2) is 0 Å². The van der Waals surface area contributed by atoms with Crippen molar-refractivity contribution >= 4 is 17.7 Å². The molecule has 4 aliphatic rings. The summed E-state index contributed by atoms with van der Waals surface area (Å²) in [5, 5.41) is 13.2. The van der Waals surface area contributed by atoms with Crippen LogP contribution in [0.4, 0.5) is 0 Å². The fourth-order valence-electron chi connectivity index (χ4n) is 6.89. The maximum absolute atomic E-state index is 13.1. The van der Waals surface area contributed by atoms with E-state index in [-0.39, 0.29) is 11.4 Å². The zero-order valence-electron chi connectivity index (χ0n) is 19.6. The van der Waals surface area contributed by atoms with Crippen molar-refractivity contribution in [2.75, 3.05) is 5.75 Å². The van der Waals surface area contributed by atoms with E-state index < -0.39 is 0 Å². The van der Waals surface area contributed by atoms with Gasteiger partial charge in [0, 0.05) is 29.2 Å². The van der Waals surface area contributed by atoms with Crippen LogP contribution >= 0.6 is 11.8 Å². The summed E-state index contributed by atoms with van der Waals surface area (Å²) >= 11 is 1.47. The van der Waals surface area contributed by atoms with Crippen molar-refractivity contribution in [3.05, 3.63) is 54.4 Å². The zero-order valence-corrected chi connectivity index (χ0v) is 20.4. The summed E-state index contributed by atoms with van der Waals surface area (Å²) in [6, 6.07) is 12.4. The van der Waals surface area contributed by atoms with Crippen molar-refractivity contribution in [2.45, 2.75) is 62.6 Å². The number of nitrogens with zero attached hydrogens (tertiary/aromatic N) is 4. The maximum atomic E-state index is 13.1. The molecule has 0 aliphatic heterocycles. The summed E-state index contributed by atoms with van der Waals surface area (Å²) in [5.41, 5.74) is 3.27. The topological polar surface area (TPSA) is 72.7 Å². The summed E-state index contributed by atoms with van der Waals surface area (Å²) in [7, 11) is 0. The Hall–Kier alpha value is -2.67. The number of hydrogen-bond donors (Lipinski definition) is 1. The van der Waals surface area contributed by atoms with Crippen LogP contribution < -0.4 is 5.32 Å². The molecule has 7 heteroatoms. The molecule has 3 aromatic rings. The van der Waals surface area contributed by atoms with Crippen LogP contribution in [0, 0.1) is 17.8 Å². The second-order valence-corrected chi connectivity index (χ2v) is 11.4. The summed E-state index contributed by atoms with van der Waals surface area (Å²) in [5.74, 6) is 3.68. The standard InChI is InChI=1S/C27H31N5OS/c1-2-18-3-5-23(6-4-18)32-25(22-7-9-28-10-8-22)30-31-26(32)34-17-24(33)29-27-14-19-11-20(15-27)13-21(12-19)16-27/h3-10,19-21H,2,11-17H2,1H3,(H,29,33). The van der Waals surface area contributed by atoms with Crippen LogP contribution in [-0.2, 0) is 11.2 Å². The van der Waals surface area contributed by atoms with Gasteiger partial charge in [0.05, 0.1) is 5.75 Å². The van der Waals surface area contributed by atoms with Gasteiger partial charge in [-0.15, -0.1) is 10.2 Å². The highest BCUT2D eigenvalue weighted by Gasteiger charge is 2.51. The van der Waals surface area contributed by atoms with Crippen molar-refractivity contribution in [3.63, 3.8) is 0 Å². The van der Waals surface area contributed by atoms with Gasteiger partial charge in [0.2, 0.25) is 5.91 Å². The molecular formula is C27H31N5OS. The van der Waals surface area contributed by atoms with Crippen molar-refractivity contribution in [2.24, 2.45) is 17.8 Å². The lowest BCUT2D eigenvalue weighted by molar-refractivity contribution is -0.124. The smallest absolute Gasteiger partial charge is 0.230 e. The molecule has 34 heavy (non-hydrogen) atoms. The number of nitrogens with one attached hydrogen (secondary N) is 1. The Kier molecular flexibility index (Phi) is 5.68. The number of rotatable bonds is 7. The van der Waals surface area contributed by atoms with Crippen LogP contribution in [0.15, 0.2) is 53.9 Å². The van der Waals surface area contributed by atoms with Gasteiger partial charge in [-0.2, -0.15) is 0 Å². The van der Waals surface area contributed by atoms with Crippen LogP contribution in [0.5, 0.6) is 0 Å². The van der Waals surface area contributed by atoms with E-state index in [0.29, 0.717) is 5.75 Å². The minimum Gasteiger partial charge on any atom is -0.350 e. The summed E-state index contributed by atoms with van der Waals surface area (Å²) in [4.78, 5) is 17.2. The molecule has 0 saturated heterocycles. The highest BCUT2D eigenvalue weighted by molar-refractivity contribution is 7.99. The Morgan fingerprint density at radius 1 is 1.00 bits per heavy atom. The quantitative estimate of drug-likeness (QED) is 0.485. The first-order valence-electron chi connectivity index (χ1n) is 12.5. The number of pyridine rings is 1. The van der Waals surface area contributed by atoms with Crippen molar-refractivity contribution in [1.82, 2.24) is 25.1 Å². The third kappa shape index (κ3) is 4.15. The van der Waals surface area contributed by atoms with E-state index in [1.165, 1.54) is 55.9 Å². The lowest BCUT2D eigenvalue weighted by Crippen LogP contribution is -2.60. The number of benzene rings is 1. The van der Waals surface area contributed by atoms with E-state index in [0.717, 1.165) is 46.4 Å². The maximum Gasteiger partial charge on any atom is 0.230 e. The molecule has 7 rings (SSSR count). The summed E-state index contributed by atoms with van der Waals surface area (Å²) in [6.07, 6.45) is 12.2. The lowest BCUT2D eigenvalue weighted by atomic mass is 9.53. The van der Waals surface area contributed by atoms with Crippen LogP contribution in [-0.4, -0.2) is 36.9 Å². The van der Waals surface area contributed by atoms with Gasteiger partial charge >= 0.3 is 0 Å². The van der Waals surface area contributed by atoms with Crippen molar-refractivity contribution < 1.29 is 4.79 Å². The second-order valence-electron chi connectivity index (χ2n) is 10.4. The average Bonchev–Trinajstić information content (AvgIpc) is 3.26. The Morgan fingerprint density at radius 2 is 1.65 bits per heavy atom. The Balaban J connectivity index is 1.22. The minimum absolute atomic E-state index is 0.0399. The van der Waals surface area contributed by atoms with Crippen LogP contribution in [0.25, 0.3) is 17.1 Å². The van der Waals surface area contributed by atoms with Crippen LogP contribution in [0.3, 0.4) is 0 Å². The molecule has 4 bridgehead atoms. The average molecular weight is 474 g/mol. The van der Waals surface area contributed by atoms with Crippen LogP contribution in [0.2, 0.25) is 0 Å².